The van der Waals surface area contributed by atoms with Gasteiger partial charge in [-0.15, -0.1) is 0 Å². The number of hydrogen-bond donors (Lipinski definition) is 0. The molecular formula is C10H23Si. The molecule has 0 nitrogen and oxygen atoms in total. The molecule has 0 aromatic rings. The van der Waals surface area contributed by atoms with Crippen molar-refractivity contribution in [2.24, 2.45) is 0 Å². The fourth-order valence-electron chi connectivity index (χ4n) is 1.11. The Kier molecular flexibility index (Phi) is 5.93. The van der Waals surface area contributed by atoms with Crippen molar-refractivity contribution >= 4 is 8.07 Å². The Morgan fingerprint density at radius 3 is 2.09 bits per heavy atom. The zero-order valence-electron chi connectivity index (χ0n) is 8.61. The van der Waals surface area contributed by atoms with Crippen molar-refractivity contribution in [3.63, 3.8) is 0 Å². The third-order valence-corrected chi connectivity index (χ3v) is 3.33. The van der Waals surface area contributed by atoms with Crippen LogP contribution in [0, 0.1) is 6.04 Å². The Morgan fingerprint density at radius 1 is 1.00 bits per heavy atom. The molecule has 0 saturated carbocycles. The molecule has 0 aliphatic heterocycles. The van der Waals surface area contributed by atoms with Gasteiger partial charge in [0.2, 0.25) is 0 Å². The molecule has 0 spiro atoms. The third-order valence-electron chi connectivity index (χ3n) is 1.81. The summed E-state index contributed by atoms with van der Waals surface area (Å²) in [5, 5.41) is 0. The van der Waals surface area contributed by atoms with Crippen LogP contribution in [0.2, 0.25) is 19.6 Å². The smallest absolute Gasteiger partial charge is 0.0473 e. The molecule has 0 aromatic heterocycles. The fraction of sp³-hybridized carbons (Fsp3) is 0.900. The molecule has 11 heavy (non-hydrogen) atoms. The molecule has 67 valence electrons. The fourth-order valence-corrected chi connectivity index (χ4v) is 2.18. The number of rotatable bonds is 6. The highest BCUT2D eigenvalue weighted by Crippen LogP contribution is 2.12. The van der Waals surface area contributed by atoms with Crippen LogP contribution in [-0.2, 0) is 0 Å². The van der Waals surface area contributed by atoms with Crippen molar-refractivity contribution < 1.29 is 0 Å². The molecule has 0 N–H and O–H groups in total. The standard InChI is InChI=1S/C10H23Si/c1-5-6-7-8-9-10-11(2,3)4/h10H,5-9H2,1-4H3. The summed E-state index contributed by atoms with van der Waals surface area (Å²) in [5.41, 5.74) is 0. The van der Waals surface area contributed by atoms with E-state index in [-0.39, 0.29) is 0 Å². The average molecular weight is 171 g/mol. The highest BCUT2D eigenvalue weighted by Gasteiger charge is 2.11. The molecular weight excluding hydrogens is 148 g/mol. The highest BCUT2D eigenvalue weighted by atomic mass is 28.3. The SMILES string of the molecule is CCCCCC[CH][Si](C)(C)C. The van der Waals surface area contributed by atoms with Crippen LogP contribution in [0.5, 0.6) is 0 Å². The van der Waals surface area contributed by atoms with Gasteiger partial charge in [-0.1, -0.05) is 58.7 Å². The van der Waals surface area contributed by atoms with Gasteiger partial charge in [-0.05, 0) is 6.04 Å². The predicted molar refractivity (Wildman–Crippen MR) is 56.4 cm³/mol. The molecule has 1 heteroatoms. The second kappa shape index (κ2) is 5.82. The highest BCUT2D eigenvalue weighted by molar-refractivity contribution is 6.79. The summed E-state index contributed by atoms with van der Waals surface area (Å²) in [6.07, 6.45) is 6.97. The van der Waals surface area contributed by atoms with Crippen LogP contribution in [0.1, 0.15) is 39.0 Å². The van der Waals surface area contributed by atoms with Crippen molar-refractivity contribution in [1.29, 1.82) is 0 Å². The summed E-state index contributed by atoms with van der Waals surface area (Å²) >= 11 is 0. The largest absolute Gasteiger partial charge is 0.0693 e. The second-order valence-corrected chi connectivity index (χ2v) is 9.56. The van der Waals surface area contributed by atoms with Crippen LogP contribution in [0.3, 0.4) is 0 Å². The third kappa shape index (κ3) is 10.2. The van der Waals surface area contributed by atoms with E-state index < -0.39 is 8.07 Å². The van der Waals surface area contributed by atoms with Crippen molar-refractivity contribution in [3.05, 3.63) is 6.04 Å². The van der Waals surface area contributed by atoms with Gasteiger partial charge in [0.25, 0.3) is 0 Å². The maximum atomic E-state index is 2.57. The monoisotopic (exact) mass is 171 g/mol. The quantitative estimate of drug-likeness (QED) is 0.418. The van der Waals surface area contributed by atoms with E-state index in [1.54, 1.807) is 0 Å². The predicted octanol–water partition coefficient (Wildman–Crippen LogP) is 4.04. The van der Waals surface area contributed by atoms with Gasteiger partial charge in [0, 0.05) is 8.07 Å². The maximum absolute atomic E-state index is 2.57. The lowest BCUT2D eigenvalue weighted by Gasteiger charge is -2.14. The van der Waals surface area contributed by atoms with Crippen molar-refractivity contribution in [2.75, 3.05) is 0 Å². The van der Waals surface area contributed by atoms with Gasteiger partial charge < -0.3 is 0 Å². The lowest BCUT2D eigenvalue weighted by Crippen LogP contribution is -2.20. The summed E-state index contributed by atoms with van der Waals surface area (Å²) in [7, 11) is -0.842. The van der Waals surface area contributed by atoms with Crippen molar-refractivity contribution in [3.8, 4) is 0 Å². The molecule has 0 fully saturated rings. The topological polar surface area (TPSA) is 0 Å². The van der Waals surface area contributed by atoms with Crippen LogP contribution in [0.4, 0.5) is 0 Å². The molecule has 1 radical (unpaired) electrons. The normalized spacial score (nSPS) is 12.0. The number of unbranched alkanes of at least 4 members (excludes halogenated alkanes) is 4. The van der Waals surface area contributed by atoms with E-state index in [4.69, 9.17) is 0 Å². The van der Waals surface area contributed by atoms with Crippen LogP contribution < -0.4 is 0 Å². The maximum Gasteiger partial charge on any atom is 0.0473 e. The summed E-state index contributed by atoms with van der Waals surface area (Å²) in [6, 6.07) is 2.57. The first-order valence-corrected chi connectivity index (χ1v) is 8.48. The summed E-state index contributed by atoms with van der Waals surface area (Å²) in [4.78, 5) is 0. The van der Waals surface area contributed by atoms with Gasteiger partial charge in [0.1, 0.15) is 0 Å². The molecule has 0 heterocycles. The molecule has 0 amide bonds. The van der Waals surface area contributed by atoms with E-state index in [2.05, 4.69) is 32.6 Å². The molecule has 0 aliphatic rings. The molecule has 0 aromatic carbocycles. The molecule has 0 atom stereocenters. The Morgan fingerprint density at radius 2 is 1.64 bits per heavy atom. The molecule has 0 bridgehead atoms. The minimum atomic E-state index is -0.842. The van der Waals surface area contributed by atoms with Crippen LogP contribution in [0.15, 0.2) is 0 Å². The first-order valence-electron chi connectivity index (χ1n) is 4.90. The first kappa shape index (κ1) is 11.2. The lowest BCUT2D eigenvalue weighted by molar-refractivity contribution is 0.669. The van der Waals surface area contributed by atoms with E-state index in [9.17, 15) is 0 Å². The Hall–Kier alpha value is 0.217. The van der Waals surface area contributed by atoms with E-state index in [1.807, 2.05) is 0 Å². The van der Waals surface area contributed by atoms with Crippen molar-refractivity contribution in [1.82, 2.24) is 0 Å². The Labute approximate surface area is 73.4 Å². The lowest BCUT2D eigenvalue weighted by atomic mass is 10.2. The molecule has 0 rings (SSSR count). The Bertz CT molecular complexity index is 81.4. The van der Waals surface area contributed by atoms with Gasteiger partial charge >= 0.3 is 0 Å². The van der Waals surface area contributed by atoms with Crippen LogP contribution in [0.25, 0.3) is 0 Å². The van der Waals surface area contributed by atoms with Gasteiger partial charge in [0.05, 0.1) is 0 Å². The van der Waals surface area contributed by atoms with Gasteiger partial charge in [-0.25, -0.2) is 0 Å². The minimum absolute atomic E-state index is 0.842. The summed E-state index contributed by atoms with van der Waals surface area (Å²) in [5.74, 6) is 0. The molecule has 0 unspecified atom stereocenters. The first-order chi connectivity index (χ1) is 5.06. The van der Waals surface area contributed by atoms with Crippen molar-refractivity contribution in [2.45, 2.75) is 58.7 Å². The van der Waals surface area contributed by atoms with E-state index in [0.717, 1.165) is 0 Å². The van der Waals surface area contributed by atoms with E-state index in [1.165, 1.54) is 32.1 Å². The minimum Gasteiger partial charge on any atom is -0.0693 e. The second-order valence-electron chi connectivity index (χ2n) is 4.42. The Balaban J connectivity index is 3.02. The average Bonchev–Trinajstić information content (AvgIpc) is 1.85. The van der Waals surface area contributed by atoms with Crippen LogP contribution >= 0.6 is 0 Å². The zero-order valence-corrected chi connectivity index (χ0v) is 9.61. The molecule has 0 aliphatic carbocycles. The summed E-state index contributed by atoms with van der Waals surface area (Å²) in [6.45, 7) is 9.49. The zero-order chi connectivity index (χ0) is 8.74. The number of hydrogen-bond acceptors (Lipinski definition) is 0. The molecule has 0 saturated heterocycles. The van der Waals surface area contributed by atoms with Gasteiger partial charge in [-0.3, -0.25) is 0 Å². The van der Waals surface area contributed by atoms with Crippen LogP contribution in [-0.4, -0.2) is 8.07 Å². The van der Waals surface area contributed by atoms with E-state index >= 15 is 0 Å². The van der Waals surface area contributed by atoms with E-state index in [0.29, 0.717) is 0 Å². The van der Waals surface area contributed by atoms with Gasteiger partial charge in [-0.2, -0.15) is 0 Å². The van der Waals surface area contributed by atoms with Gasteiger partial charge in [0.15, 0.2) is 0 Å². The summed E-state index contributed by atoms with van der Waals surface area (Å²) < 4.78 is 0.